The van der Waals surface area contributed by atoms with Crippen LogP contribution in [0.25, 0.3) is 11.8 Å². The first-order chi connectivity index (χ1) is 18.4. The molecule has 1 atom stereocenters. The molecule has 1 aliphatic rings. The minimum absolute atomic E-state index is 0.191. The SMILES string of the molecule is CCOC(=O)C1=C(c2ccccc2)N=c2s/c(=C\c3ccc(Br)cc3)c(=O)n2C1c1ccc(C(C)C)cc1. The zero-order valence-corrected chi connectivity index (χ0v) is 23.8. The van der Waals surface area contributed by atoms with Gasteiger partial charge in [0.1, 0.15) is 0 Å². The van der Waals surface area contributed by atoms with Crippen molar-refractivity contribution in [2.24, 2.45) is 4.99 Å². The van der Waals surface area contributed by atoms with Crippen LogP contribution in [0.2, 0.25) is 0 Å². The topological polar surface area (TPSA) is 60.7 Å². The Hall–Kier alpha value is -3.55. The number of benzene rings is 3. The first-order valence-corrected chi connectivity index (χ1v) is 14.1. The van der Waals surface area contributed by atoms with Crippen LogP contribution in [-0.4, -0.2) is 17.1 Å². The van der Waals surface area contributed by atoms with E-state index in [4.69, 9.17) is 9.73 Å². The summed E-state index contributed by atoms with van der Waals surface area (Å²) in [5.74, 6) is -0.118. The Bertz CT molecular complexity index is 1680. The van der Waals surface area contributed by atoms with E-state index in [1.165, 1.54) is 16.9 Å². The van der Waals surface area contributed by atoms with Crippen molar-refractivity contribution >= 4 is 45.0 Å². The lowest BCUT2D eigenvalue weighted by atomic mass is 9.91. The van der Waals surface area contributed by atoms with Gasteiger partial charge in [0.05, 0.1) is 28.5 Å². The van der Waals surface area contributed by atoms with Gasteiger partial charge in [0.15, 0.2) is 4.80 Å². The fourth-order valence-corrected chi connectivity index (χ4v) is 5.79. The highest BCUT2D eigenvalue weighted by Gasteiger charge is 2.35. The summed E-state index contributed by atoms with van der Waals surface area (Å²) in [5, 5.41) is 0. The molecule has 7 heteroatoms. The van der Waals surface area contributed by atoms with Crippen LogP contribution in [0.5, 0.6) is 0 Å². The number of hydrogen-bond acceptors (Lipinski definition) is 5. The summed E-state index contributed by atoms with van der Waals surface area (Å²) < 4.78 is 8.69. The molecule has 5 nitrogen and oxygen atoms in total. The Balaban J connectivity index is 1.81. The number of esters is 1. The Morgan fingerprint density at radius 2 is 1.74 bits per heavy atom. The van der Waals surface area contributed by atoms with Crippen molar-refractivity contribution in [2.45, 2.75) is 32.7 Å². The lowest BCUT2D eigenvalue weighted by Crippen LogP contribution is -2.40. The van der Waals surface area contributed by atoms with E-state index in [0.717, 1.165) is 21.2 Å². The smallest absolute Gasteiger partial charge is 0.338 e. The van der Waals surface area contributed by atoms with E-state index < -0.39 is 12.0 Å². The predicted molar refractivity (Wildman–Crippen MR) is 156 cm³/mol. The molecule has 3 aromatic carbocycles. The molecule has 2 heterocycles. The summed E-state index contributed by atoms with van der Waals surface area (Å²) >= 11 is 4.78. The number of ether oxygens (including phenoxy) is 1. The van der Waals surface area contributed by atoms with Gasteiger partial charge in [-0.1, -0.05) is 108 Å². The fraction of sp³-hybridized carbons (Fsp3) is 0.194. The normalized spacial score (nSPS) is 15.4. The van der Waals surface area contributed by atoms with Gasteiger partial charge in [0.2, 0.25) is 0 Å². The van der Waals surface area contributed by atoms with E-state index >= 15 is 0 Å². The number of nitrogens with zero attached hydrogens (tertiary/aromatic N) is 2. The fourth-order valence-electron chi connectivity index (χ4n) is 4.53. The van der Waals surface area contributed by atoms with Crippen LogP contribution in [0.3, 0.4) is 0 Å². The van der Waals surface area contributed by atoms with Crippen molar-refractivity contribution in [1.29, 1.82) is 0 Å². The van der Waals surface area contributed by atoms with Gasteiger partial charge in [0.25, 0.3) is 5.56 Å². The van der Waals surface area contributed by atoms with Crippen LogP contribution in [0.1, 0.15) is 55.0 Å². The highest BCUT2D eigenvalue weighted by molar-refractivity contribution is 9.10. The second kappa shape index (κ2) is 11.1. The summed E-state index contributed by atoms with van der Waals surface area (Å²) in [6.07, 6.45) is 1.87. The maximum atomic E-state index is 13.9. The Morgan fingerprint density at radius 1 is 1.05 bits per heavy atom. The molecule has 0 aliphatic carbocycles. The molecule has 192 valence electrons. The van der Waals surface area contributed by atoms with E-state index in [1.54, 1.807) is 11.5 Å². The molecule has 5 rings (SSSR count). The van der Waals surface area contributed by atoms with Crippen molar-refractivity contribution < 1.29 is 9.53 Å². The molecule has 0 amide bonds. The van der Waals surface area contributed by atoms with E-state index in [2.05, 4.69) is 41.9 Å². The number of carbonyl (C=O) groups excluding carboxylic acids is 1. The van der Waals surface area contributed by atoms with Gasteiger partial charge in [0, 0.05) is 10.0 Å². The third-order valence-electron chi connectivity index (χ3n) is 6.46. The molecule has 1 aliphatic heterocycles. The quantitative estimate of drug-likeness (QED) is 0.267. The summed E-state index contributed by atoms with van der Waals surface area (Å²) in [5.41, 5.74) is 4.41. The van der Waals surface area contributed by atoms with Crippen molar-refractivity contribution in [3.8, 4) is 0 Å². The first kappa shape index (κ1) is 26.1. The molecular formula is C31H27BrN2O3S. The van der Waals surface area contributed by atoms with Crippen molar-refractivity contribution in [2.75, 3.05) is 6.61 Å². The third-order valence-corrected chi connectivity index (χ3v) is 7.97. The van der Waals surface area contributed by atoms with E-state index in [0.29, 0.717) is 26.5 Å². The Kier molecular flexibility index (Phi) is 7.58. The van der Waals surface area contributed by atoms with E-state index in [9.17, 15) is 9.59 Å². The predicted octanol–water partition coefficient (Wildman–Crippen LogP) is 5.82. The van der Waals surface area contributed by atoms with Crippen molar-refractivity contribution in [3.05, 3.63) is 131 Å². The minimum Gasteiger partial charge on any atom is -0.463 e. The largest absolute Gasteiger partial charge is 0.463 e. The number of aromatic nitrogens is 1. The number of hydrogen-bond donors (Lipinski definition) is 0. The zero-order chi connectivity index (χ0) is 26.8. The lowest BCUT2D eigenvalue weighted by molar-refractivity contribution is -0.138. The van der Waals surface area contributed by atoms with Crippen LogP contribution >= 0.6 is 27.3 Å². The molecule has 0 fully saturated rings. The summed E-state index contributed by atoms with van der Waals surface area (Å²) in [4.78, 5) is 32.9. The minimum atomic E-state index is -0.672. The van der Waals surface area contributed by atoms with Crippen molar-refractivity contribution in [3.63, 3.8) is 0 Å². The lowest BCUT2D eigenvalue weighted by Gasteiger charge is -2.26. The molecule has 0 N–H and O–H groups in total. The maximum absolute atomic E-state index is 13.9. The standard InChI is InChI=1S/C31H27BrN2O3S/c1-4-37-30(36)26-27(22-8-6-5-7-9-22)33-31-34(28(26)23-14-12-21(13-15-23)19(2)3)29(35)25(38-31)18-20-10-16-24(32)17-11-20/h5-19,28H,4H2,1-3H3/b25-18-. The zero-order valence-electron chi connectivity index (χ0n) is 21.4. The second-order valence-electron chi connectivity index (χ2n) is 9.30. The molecule has 0 radical (unpaired) electrons. The molecule has 4 aromatic rings. The van der Waals surface area contributed by atoms with Gasteiger partial charge in [-0.15, -0.1) is 0 Å². The molecule has 0 saturated heterocycles. The summed E-state index contributed by atoms with van der Waals surface area (Å²) in [6, 6.07) is 24.8. The van der Waals surface area contributed by atoms with Gasteiger partial charge in [-0.2, -0.15) is 0 Å². The molecule has 1 aromatic heterocycles. The Morgan fingerprint density at radius 3 is 2.37 bits per heavy atom. The third kappa shape index (κ3) is 5.08. The summed E-state index contributed by atoms with van der Waals surface area (Å²) in [6.45, 7) is 6.27. The van der Waals surface area contributed by atoms with Crippen LogP contribution in [-0.2, 0) is 9.53 Å². The molecule has 0 saturated carbocycles. The van der Waals surface area contributed by atoms with Gasteiger partial charge in [-0.3, -0.25) is 9.36 Å². The van der Waals surface area contributed by atoms with Crippen molar-refractivity contribution in [1.82, 2.24) is 4.57 Å². The summed E-state index contributed by atoms with van der Waals surface area (Å²) in [7, 11) is 0. The molecule has 0 bridgehead atoms. The van der Waals surface area contributed by atoms with Crippen LogP contribution < -0.4 is 14.9 Å². The number of rotatable bonds is 6. The molecule has 38 heavy (non-hydrogen) atoms. The number of fused-ring (bicyclic) bond motifs is 1. The van der Waals surface area contributed by atoms with Gasteiger partial charge < -0.3 is 4.74 Å². The average molecular weight is 588 g/mol. The number of halogens is 1. The van der Waals surface area contributed by atoms with E-state index in [-0.39, 0.29) is 12.2 Å². The average Bonchev–Trinajstić information content (AvgIpc) is 3.24. The van der Waals surface area contributed by atoms with E-state index in [1.807, 2.05) is 72.8 Å². The Labute approximate surface area is 233 Å². The van der Waals surface area contributed by atoms with Crippen LogP contribution in [0.15, 0.2) is 98.7 Å². The maximum Gasteiger partial charge on any atom is 0.338 e. The van der Waals surface area contributed by atoms with Gasteiger partial charge in [-0.05, 0) is 47.7 Å². The molecular weight excluding hydrogens is 560 g/mol. The molecule has 0 spiro atoms. The first-order valence-electron chi connectivity index (χ1n) is 12.5. The highest BCUT2D eigenvalue weighted by atomic mass is 79.9. The van der Waals surface area contributed by atoms with Gasteiger partial charge >= 0.3 is 5.97 Å². The van der Waals surface area contributed by atoms with Gasteiger partial charge in [-0.25, -0.2) is 9.79 Å². The molecule has 1 unspecified atom stereocenters. The monoisotopic (exact) mass is 586 g/mol. The number of thiazole rings is 1. The highest BCUT2D eigenvalue weighted by Crippen LogP contribution is 2.35. The second-order valence-corrected chi connectivity index (χ2v) is 11.2. The van der Waals surface area contributed by atoms with Crippen LogP contribution in [0.4, 0.5) is 0 Å². The number of carbonyl (C=O) groups is 1. The van der Waals surface area contributed by atoms with Crippen LogP contribution in [0, 0.1) is 0 Å².